The van der Waals surface area contributed by atoms with E-state index in [9.17, 15) is 9.59 Å². The number of nitrogens with one attached hydrogen (secondary N) is 1. The number of rotatable bonds is 6. The quantitative estimate of drug-likeness (QED) is 0.861. The Morgan fingerprint density at radius 1 is 1.36 bits per heavy atom. The number of ether oxygens (including phenoxy) is 1. The molecule has 0 aliphatic carbocycles. The van der Waals surface area contributed by atoms with Crippen molar-refractivity contribution in [2.75, 3.05) is 13.2 Å². The Morgan fingerprint density at radius 3 is 3.00 bits per heavy atom. The predicted octanol–water partition coefficient (Wildman–Crippen LogP) is 3.01. The van der Waals surface area contributed by atoms with Gasteiger partial charge in [-0.3, -0.25) is 9.59 Å². The van der Waals surface area contributed by atoms with Gasteiger partial charge < -0.3 is 14.6 Å². The molecule has 0 saturated heterocycles. The van der Waals surface area contributed by atoms with Crippen LogP contribution >= 0.6 is 11.3 Å². The highest BCUT2D eigenvalue weighted by atomic mass is 32.1. The molecule has 1 aliphatic rings. The van der Waals surface area contributed by atoms with Crippen molar-refractivity contribution in [3.63, 3.8) is 0 Å². The Bertz CT molecular complexity index is 781. The van der Waals surface area contributed by atoms with Crippen molar-refractivity contribution in [2.24, 2.45) is 0 Å². The van der Waals surface area contributed by atoms with Crippen LogP contribution in [0.3, 0.4) is 0 Å². The van der Waals surface area contributed by atoms with Crippen molar-refractivity contribution in [3.05, 3.63) is 50.1 Å². The standard InChI is InChI=1S/C19H24N2O3S/c1-2-24-16-13-17(22)21-11-5-3-4-8-15(21)18(16)19(23)20-10-9-14-7-6-12-25-14/h6-7,12-13H,2-5,8-11H2,1H3,(H,20,23). The summed E-state index contributed by atoms with van der Waals surface area (Å²) in [6.45, 7) is 3.54. The Balaban J connectivity index is 1.86. The van der Waals surface area contributed by atoms with Crippen molar-refractivity contribution in [1.29, 1.82) is 0 Å². The van der Waals surface area contributed by atoms with Crippen molar-refractivity contribution in [2.45, 2.75) is 45.6 Å². The van der Waals surface area contributed by atoms with Crippen LogP contribution in [-0.4, -0.2) is 23.6 Å². The summed E-state index contributed by atoms with van der Waals surface area (Å²) in [6, 6.07) is 5.54. The molecule has 2 aromatic rings. The minimum atomic E-state index is -0.148. The second kappa shape index (κ2) is 8.34. The van der Waals surface area contributed by atoms with Gasteiger partial charge in [0.05, 0.1) is 6.61 Å². The molecular weight excluding hydrogens is 336 g/mol. The van der Waals surface area contributed by atoms with Gasteiger partial charge in [0.15, 0.2) is 0 Å². The molecule has 0 bridgehead atoms. The third-order valence-electron chi connectivity index (χ3n) is 4.44. The van der Waals surface area contributed by atoms with Crippen LogP contribution in [0.15, 0.2) is 28.4 Å². The van der Waals surface area contributed by atoms with Gasteiger partial charge in [0.1, 0.15) is 11.3 Å². The summed E-state index contributed by atoms with van der Waals surface area (Å²) in [5.41, 5.74) is 1.28. The van der Waals surface area contributed by atoms with Crippen LogP contribution in [0.1, 0.15) is 47.1 Å². The first kappa shape index (κ1) is 17.7. The number of aromatic nitrogens is 1. The summed E-state index contributed by atoms with van der Waals surface area (Å²) in [4.78, 5) is 26.5. The molecular formula is C19H24N2O3S. The molecule has 1 amide bonds. The van der Waals surface area contributed by atoms with Gasteiger partial charge in [-0.1, -0.05) is 12.5 Å². The lowest BCUT2D eigenvalue weighted by Crippen LogP contribution is -2.32. The van der Waals surface area contributed by atoms with Gasteiger partial charge in [-0.25, -0.2) is 0 Å². The summed E-state index contributed by atoms with van der Waals surface area (Å²) < 4.78 is 7.38. The minimum Gasteiger partial charge on any atom is -0.493 e. The summed E-state index contributed by atoms with van der Waals surface area (Å²) in [6.07, 6.45) is 4.58. The molecule has 5 nitrogen and oxygen atoms in total. The first-order valence-electron chi connectivity index (χ1n) is 8.90. The molecule has 0 atom stereocenters. The van der Waals surface area contributed by atoms with Gasteiger partial charge in [-0.2, -0.15) is 0 Å². The Labute approximate surface area is 151 Å². The van der Waals surface area contributed by atoms with Gasteiger partial charge in [0.2, 0.25) is 0 Å². The zero-order valence-electron chi connectivity index (χ0n) is 14.5. The van der Waals surface area contributed by atoms with Gasteiger partial charge >= 0.3 is 0 Å². The predicted molar refractivity (Wildman–Crippen MR) is 99.8 cm³/mol. The highest BCUT2D eigenvalue weighted by molar-refractivity contribution is 7.09. The van der Waals surface area contributed by atoms with E-state index in [0.29, 0.717) is 31.0 Å². The lowest BCUT2D eigenvalue weighted by molar-refractivity contribution is 0.0948. The molecule has 0 saturated carbocycles. The zero-order valence-corrected chi connectivity index (χ0v) is 15.4. The minimum absolute atomic E-state index is 0.0736. The van der Waals surface area contributed by atoms with Crippen molar-refractivity contribution in [3.8, 4) is 5.75 Å². The van der Waals surface area contributed by atoms with Crippen LogP contribution in [0, 0.1) is 0 Å². The summed E-state index contributed by atoms with van der Waals surface area (Å²) in [5.74, 6) is 0.264. The van der Waals surface area contributed by atoms with Gasteiger partial charge in [0.25, 0.3) is 11.5 Å². The maximum absolute atomic E-state index is 12.9. The molecule has 2 aromatic heterocycles. The normalized spacial score (nSPS) is 13.8. The first-order valence-corrected chi connectivity index (χ1v) is 9.78. The SMILES string of the molecule is CCOc1cc(=O)n2c(c1C(=O)NCCc1cccs1)CCCCC2. The average Bonchev–Trinajstić information content (AvgIpc) is 2.98. The van der Waals surface area contributed by atoms with Crippen molar-refractivity contribution >= 4 is 17.2 Å². The summed E-state index contributed by atoms with van der Waals surface area (Å²) in [5, 5.41) is 5.03. The number of thiophene rings is 1. The second-order valence-corrected chi connectivity index (χ2v) is 7.18. The number of hydrogen-bond donors (Lipinski definition) is 1. The molecule has 134 valence electrons. The number of pyridine rings is 1. The van der Waals surface area contributed by atoms with E-state index < -0.39 is 0 Å². The number of fused-ring (bicyclic) bond motifs is 1. The maximum Gasteiger partial charge on any atom is 0.256 e. The van der Waals surface area contributed by atoms with E-state index in [1.165, 1.54) is 10.9 Å². The smallest absolute Gasteiger partial charge is 0.256 e. The molecule has 0 radical (unpaired) electrons. The molecule has 0 spiro atoms. The number of hydrogen-bond acceptors (Lipinski definition) is 4. The van der Waals surface area contributed by atoms with E-state index in [1.54, 1.807) is 15.9 Å². The van der Waals surface area contributed by atoms with Crippen LogP contribution in [0.5, 0.6) is 5.75 Å². The maximum atomic E-state index is 12.9. The number of amides is 1. The lowest BCUT2D eigenvalue weighted by atomic mass is 10.1. The van der Waals surface area contributed by atoms with Crippen molar-refractivity contribution in [1.82, 2.24) is 9.88 Å². The van der Waals surface area contributed by atoms with E-state index in [1.807, 2.05) is 18.4 Å². The molecule has 0 aromatic carbocycles. The van der Waals surface area contributed by atoms with E-state index in [4.69, 9.17) is 4.74 Å². The third-order valence-corrected chi connectivity index (χ3v) is 5.38. The lowest BCUT2D eigenvalue weighted by Gasteiger charge is -2.18. The fourth-order valence-electron chi connectivity index (χ4n) is 3.27. The van der Waals surface area contributed by atoms with E-state index >= 15 is 0 Å². The van der Waals surface area contributed by atoms with Crippen LogP contribution in [0.25, 0.3) is 0 Å². The van der Waals surface area contributed by atoms with Crippen LogP contribution < -0.4 is 15.6 Å². The van der Waals surface area contributed by atoms with Crippen molar-refractivity contribution < 1.29 is 9.53 Å². The molecule has 1 aliphatic heterocycles. The first-order chi connectivity index (χ1) is 12.2. The monoisotopic (exact) mass is 360 g/mol. The second-order valence-electron chi connectivity index (χ2n) is 6.15. The Kier molecular flexibility index (Phi) is 5.91. The number of carbonyl (C=O) groups excluding carboxylic acids is 1. The molecule has 0 fully saturated rings. The largest absolute Gasteiger partial charge is 0.493 e. The fraction of sp³-hybridized carbons (Fsp3) is 0.474. The highest BCUT2D eigenvalue weighted by Crippen LogP contribution is 2.25. The van der Waals surface area contributed by atoms with Crippen LogP contribution in [0.2, 0.25) is 0 Å². The van der Waals surface area contributed by atoms with E-state index in [0.717, 1.165) is 37.8 Å². The number of nitrogens with zero attached hydrogens (tertiary/aromatic N) is 1. The molecule has 25 heavy (non-hydrogen) atoms. The van der Waals surface area contributed by atoms with Crippen LogP contribution in [-0.2, 0) is 19.4 Å². The molecule has 0 unspecified atom stereocenters. The zero-order chi connectivity index (χ0) is 17.6. The van der Waals surface area contributed by atoms with Gasteiger partial charge in [-0.15, -0.1) is 11.3 Å². The Hall–Kier alpha value is -2.08. The third kappa shape index (κ3) is 4.12. The van der Waals surface area contributed by atoms with E-state index in [2.05, 4.69) is 11.4 Å². The molecule has 6 heteroatoms. The Morgan fingerprint density at radius 2 is 2.24 bits per heavy atom. The molecule has 1 N–H and O–H groups in total. The highest BCUT2D eigenvalue weighted by Gasteiger charge is 2.23. The van der Waals surface area contributed by atoms with Crippen LogP contribution in [0.4, 0.5) is 0 Å². The summed E-state index contributed by atoms with van der Waals surface area (Å²) in [7, 11) is 0. The van der Waals surface area contributed by atoms with E-state index in [-0.39, 0.29) is 11.5 Å². The summed E-state index contributed by atoms with van der Waals surface area (Å²) >= 11 is 1.69. The topological polar surface area (TPSA) is 60.3 Å². The van der Waals surface area contributed by atoms with Gasteiger partial charge in [0, 0.05) is 29.7 Å². The molecule has 3 rings (SSSR count). The molecule has 3 heterocycles. The van der Waals surface area contributed by atoms with Gasteiger partial charge in [-0.05, 0) is 44.1 Å². The number of carbonyl (C=O) groups is 1. The fourth-order valence-corrected chi connectivity index (χ4v) is 3.98. The average molecular weight is 360 g/mol.